The summed E-state index contributed by atoms with van der Waals surface area (Å²) in [5.74, 6) is -0.108. The molecule has 0 aromatic heterocycles. The molecule has 7 atom stereocenters. The van der Waals surface area contributed by atoms with Gasteiger partial charge in [0.2, 0.25) is 5.91 Å². The van der Waals surface area contributed by atoms with Gasteiger partial charge in [0, 0.05) is 18.8 Å². The normalized spacial score (nSPS) is 44.3. The number of aliphatic hydroxyl groups is 1. The molecule has 6 unspecified atom stereocenters. The number of fused-ring (bicyclic) bond motifs is 6. The molecule has 0 spiro atoms. The van der Waals surface area contributed by atoms with E-state index >= 15 is 0 Å². The number of carbonyl (C=O) groups is 1. The van der Waals surface area contributed by atoms with Crippen LogP contribution in [0.3, 0.4) is 0 Å². The van der Waals surface area contributed by atoms with Gasteiger partial charge >= 0.3 is 0 Å². The van der Waals surface area contributed by atoms with Gasteiger partial charge in [0.1, 0.15) is 5.50 Å². The van der Waals surface area contributed by atoms with E-state index in [0.717, 1.165) is 25.7 Å². The summed E-state index contributed by atoms with van der Waals surface area (Å²) in [5.41, 5.74) is -1.11. The number of carbonyl (C=O) groups excluding carboxylic acids is 1. The zero-order chi connectivity index (χ0) is 19.2. The molecule has 3 saturated heterocycles. The molecule has 4 N–H and O–H groups in total. The van der Waals surface area contributed by atoms with Crippen LogP contribution < -0.4 is 16.0 Å². The molecular weight excluding hydrogens is 366 g/mol. The fourth-order valence-corrected chi connectivity index (χ4v) is 5.49. The molecule has 4 rings (SSSR count). The maximum Gasteiger partial charge on any atom is 0.244 e. The summed E-state index contributed by atoms with van der Waals surface area (Å²) in [6.07, 6.45) is 9.88. The Morgan fingerprint density at radius 2 is 2.11 bits per heavy atom. The monoisotopic (exact) mass is 397 g/mol. The van der Waals surface area contributed by atoms with E-state index in [1.54, 1.807) is 6.26 Å². The van der Waals surface area contributed by atoms with Crippen LogP contribution in [0.25, 0.3) is 0 Å². The number of amides is 1. The van der Waals surface area contributed by atoms with Gasteiger partial charge in [-0.1, -0.05) is 12.2 Å². The van der Waals surface area contributed by atoms with Crippen molar-refractivity contribution in [1.82, 2.24) is 26.0 Å². The first kappa shape index (κ1) is 19.5. The lowest BCUT2D eigenvalue weighted by Gasteiger charge is -2.47. The minimum absolute atomic E-state index is 0.00317. The largest absolute Gasteiger partial charge is 0.389 e. The molecule has 152 valence electrons. The molecule has 8 nitrogen and oxygen atoms in total. The van der Waals surface area contributed by atoms with Gasteiger partial charge in [0.25, 0.3) is 0 Å². The highest BCUT2D eigenvalue weighted by Crippen LogP contribution is 2.34. The second-order valence-electron chi connectivity index (χ2n) is 8.34. The Balaban J connectivity index is 1.66. The molecule has 0 aliphatic carbocycles. The molecule has 1 amide bonds. The third-order valence-electron chi connectivity index (χ3n) is 6.39. The quantitative estimate of drug-likeness (QED) is 0.439. The van der Waals surface area contributed by atoms with Gasteiger partial charge in [-0.05, 0) is 39.0 Å². The Kier molecular flexibility index (Phi) is 5.43. The summed E-state index contributed by atoms with van der Waals surface area (Å²) in [4.78, 5) is 13.1. The molecule has 0 aromatic carbocycles. The van der Waals surface area contributed by atoms with E-state index in [9.17, 15) is 14.1 Å². The second kappa shape index (κ2) is 7.53. The van der Waals surface area contributed by atoms with Crippen molar-refractivity contribution in [1.29, 1.82) is 0 Å². The van der Waals surface area contributed by atoms with E-state index in [1.165, 1.54) is 0 Å². The molecule has 9 heteroatoms. The number of nitrogens with one attached hydrogen (secondary N) is 3. The van der Waals surface area contributed by atoms with Crippen molar-refractivity contribution in [3.63, 3.8) is 0 Å². The number of hydrogen-bond donors (Lipinski definition) is 4. The van der Waals surface area contributed by atoms with Crippen molar-refractivity contribution in [3.8, 4) is 0 Å². The SMILES string of the molecule is CS(=O)C1NCC2C(=O)N3CC=CCC[C@@](C)(O)C4CCCC(N4)N3C2N1. The number of rotatable bonds is 1. The van der Waals surface area contributed by atoms with Crippen molar-refractivity contribution < 1.29 is 14.1 Å². The average molecular weight is 398 g/mol. The van der Waals surface area contributed by atoms with Crippen molar-refractivity contribution in [2.24, 2.45) is 5.92 Å². The van der Waals surface area contributed by atoms with E-state index in [0.29, 0.717) is 19.5 Å². The molecule has 0 radical (unpaired) electrons. The number of nitrogens with zero attached hydrogens (tertiary/aromatic N) is 2. The van der Waals surface area contributed by atoms with E-state index in [4.69, 9.17) is 0 Å². The fraction of sp³-hybridized carbons (Fsp3) is 0.833. The minimum atomic E-state index is -1.07. The van der Waals surface area contributed by atoms with Crippen LogP contribution in [-0.2, 0) is 15.6 Å². The molecule has 2 bridgehead atoms. The van der Waals surface area contributed by atoms with Crippen LogP contribution in [0.1, 0.15) is 39.0 Å². The summed E-state index contributed by atoms with van der Waals surface area (Å²) >= 11 is 0. The summed E-state index contributed by atoms with van der Waals surface area (Å²) < 4.78 is 12.0. The lowest BCUT2D eigenvalue weighted by atomic mass is 9.85. The van der Waals surface area contributed by atoms with Crippen LogP contribution in [0.15, 0.2) is 12.2 Å². The average Bonchev–Trinajstić information content (AvgIpc) is 2.92. The predicted octanol–water partition coefficient (Wildman–Crippen LogP) is -0.588. The highest BCUT2D eigenvalue weighted by molar-refractivity contribution is 7.84. The summed E-state index contributed by atoms with van der Waals surface area (Å²) in [6.45, 7) is 2.96. The number of allylic oxidation sites excluding steroid dienone is 1. The topological polar surface area (TPSA) is 96.9 Å². The maximum atomic E-state index is 13.1. The molecule has 3 fully saturated rings. The first-order valence-electron chi connectivity index (χ1n) is 9.93. The Bertz CT molecular complexity index is 642. The molecule has 4 aliphatic rings. The van der Waals surface area contributed by atoms with Gasteiger partial charge in [0.05, 0.1) is 41.2 Å². The van der Waals surface area contributed by atoms with Gasteiger partial charge < -0.3 is 5.11 Å². The van der Waals surface area contributed by atoms with Gasteiger partial charge in [-0.25, -0.2) is 0 Å². The molecule has 4 aliphatic heterocycles. The van der Waals surface area contributed by atoms with Crippen molar-refractivity contribution in [2.75, 3.05) is 19.3 Å². The third kappa shape index (κ3) is 3.61. The van der Waals surface area contributed by atoms with Crippen LogP contribution in [0.5, 0.6) is 0 Å². The zero-order valence-corrected chi connectivity index (χ0v) is 16.9. The van der Waals surface area contributed by atoms with E-state index < -0.39 is 16.4 Å². The van der Waals surface area contributed by atoms with Gasteiger partial charge in [-0.15, -0.1) is 0 Å². The van der Waals surface area contributed by atoms with Gasteiger partial charge in [-0.2, -0.15) is 5.01 Å². The number of hydrogen-bond acceptors (Lipinski definition) is 7. The van der Waals surface area contributed by atoms with Crippen molar-refractivity contribution in [3.05, 3.63) is 12.2 Å². The van der Waals surface area contributed by atoms with Crippen LogP contribution >= 0.6 is 0 Å². The van der Waals surface area contributed by atoms with Gasteiger partial charge in [0.15, 0.2) is 0 Å². The smallest absolute Gasteiger partial charge is 0.244 e. The van der Waals surface area contributed by atoms with Crippen LogP contribution in [-0.4, -0.2) is 74.1 Å². The Morgan fingerprint density at radius 3 is 2.89 bits per heavy atom. The van der Waals surface area contributed by atoms with Crippen LogP contribution in [0.2, 0.25) is 0 Å². The first-order chi connectivity index (χ1) is 12.9. The maximum absolute atomic E-state index is 13.1. The van der Waals surface area contributed by atoms with E-state index in [-0.39, 0.29) is 35.7 Å². The molecular formula is C18H31N5O3S. The Hall–Kier alpha value is -0.840. The third-order valence-corrected chi connectivity index (χ3v) is 7.36. The van der Waals surface area contributed by atoms with Crippen molar-refractivity contribution in [2.45, 2.75) is 68.5 Å². The Morgan fingerprint density at radius 1 is 1.30 bits per heavy atom. The molecule has 4 heterocycles. The van der Waals surface area contributed by atoms with Crippen molar-refractivity contribution >= 4 is 16.7 Å². The van der Waals surface area contributed by atoms with E-state index in [1.807, 2.05) is 18.0 Å². The molecule has 0 saturated carbocycles. The lowest BCUT2D eigenvalue weighted by molar-refractivity contribution is -0.146. The highest BCUT2D eigenvalue weighted by atomic mass is 32.2. The number of piperidine rings is 1. The summed E-state index contributed by atoms with van der Waals surface area (Å²) in [5, 5.41) is 25.2. The van der Waals surface area contributed by atoms with Crippen LogP contribution in [0, 0.1) is 5.92 Å². The Labute approximate surface area is 163 Å². The predicted molar refractivity (Wildman–Crippen MR) is 103 cm³/mol. The lowest BCUT2D eigenvalue weighted by Crippen LogP contribution is -2.68. The zero-order valence-electron chi connectivity index (χ0n) is 16.1. The van der Waals surface area contributed by atoms with E-state index in [2.05, 4.69) is 27.0 Å². The molecule has 27 heavy (non-hydrogen) atoms. The second-order valence-corrected chi connectivity index (χ2v) is 9.81. The first-order valence-corrected chi connectivity index (χ1v) is 11.6. The molecule has 0 aromatic rings. The minimum Gasteiger partial charge on any atom is -0.389 e. The van der Waals surface area contributed by atoms with Gasteiger partial charge in [-0.3, -0.25) is 30.0 Å². The highest BCUT2D eigenvalue weighted by Gasteiger charge is 2.53. The fourth-order valence-electron chi connectivity index (χ4n) is 4.83. The standard InChI is InChI=1S/C18H31N5O3S/c1-18(25)9-4-3-5-10-22-16(24)12-11-19-17(27(2)26)21-15(12)23(22)14-8-6-7-13(18)20-14/h3,5,12-15,17,19-21,25H,4,6-11H2,1-2H3/t12?,13?,14?,15?,17?,18-,27?/m1/s1. The van der Waals surface area contributed by atoms with Crippen LogP contribution in [0.4, 0.5) is 0 Å². The summed E-state index contributed by atoms with van der Waals surface area (Å²) in [7, 11) is -1.07. The summed E-state index contributed by atoms with van der Waals surface area (Å²) in [6, 6.07) is -0.00317. The number of hydrazine groups is 1.